The second-order valence-electron chi connectivity index (χ2n) is 6.27. The minimum Gasteiger partial charge on any atom is -0.332 e. The Bertz CT molecular complexity index is 1080. The van der Waals surface area contributed by atoms with Crippen molar-refractivity contribution in [3.05, 3.63) is 59.7 Å². The third kappa shape index (κ3) is 2.67. The number of carbonyl (C=O) groups is 1. The molecule has 0 bridgehead atoms. The Balaban J connectivity index is 1.41. The average Bonchev–Trinajstić information content (AvgIpc) is 3.47. The number of nitrogens with one attached hydrogen (secondary N) is 2. The first-order valence-corrected chi connectivity index (χ1v) is 8.49. The number of nitrogens with zero attached hydrogens (tertiary/aromatic N) is 7. The maximum Gasteiger partial charge on any atom is 0.272 e. The fourth-order valence-electron chi connectivity index (χ4n) is 3.28. The van der Waals surface area contributed by atoms with Gasteiger partial charge in [0.25, 0.3) is 5.91 Å². The van der Waals surface area contributed by atoms with Crippen LogP contribution in [0.4, 0.5) is 0 Å². The van der Waals surface area contributed by atoms with Gasteiger partial charge >= 0.3 is 0 Å². The van der Waals surface area contributed by atoms with Gasteiger partial charge < -0.3 is 4.90 Å². The molecule has 0 atom stereocenters. The molecule has 1 aliphatic rings. The summed E-state index contributed by atoms with van der Waals surface area (Å²) in [6, 6.07) is 11.6. The Morgan fingerprint density at radius 2 is 2.00 bits per heavy atom. The molecule has 134 valence electrons. The molecule has 0 radical (unpaired) electrons. The maximum absolute atomic E-state index is 12.9. The number of tetrazole rings is 1. The van der Waals surface area contributed by atoms with Gasteiger partial charge in [0, 0.05) is 35.9 Å². The molecule has 3 aromatic heterocycles. The number of amides is 1. The van der Waals surface area contributed by atoms with E-state index in [1.54, 1.807) is 11.0 Å². The van der Waals surface area contributed by atoms with Gasteiger partial charge in [-0.3, -0.25) is 15.0 Å². The van der Waals surface area contributed by atoms with Gasteiger partial charge in [-0.15, -0.1) is 5.10 Å². The van der Waals surface area contributed by atoms with Gasteiger partial charge in [-0.05, 0) is 10.4 Å². The fourth-order valence-corrected chi connectivity index (χ4v) is 3.28. The lowest BCUT2D eigenvalue weighted by atomic mass is 10.0. The summed E-state index contributed by atoms with van der Waals surface area (Å²) in [7, 11) is 0. The van der Waals surface area contributed by atoms with Crippen molar-refractivity contribution in [1.29, 1.82) is 0 Å². The first-order chi connectivity index (χ1) is 13.3. The third-order valence-corrected chi connectivity index (χ3v) is 4.65. The van der Waals surface area contributed by atoms with Crippen molar-refractivity contribution in [2.24, 2.45) is 0 Å². The zero-order chi connectivity index (χ0) is 18.2. The maximum atomic E-state index is 12.9. The Kier molecular flexibility index (Phi) is 3.52. The van der Waals surface area contributed by atoms with Gasteiger partial charge in [0.2, 0.25) is 0 Å². The number of rotatable bonds is 3. The molecule has 10 nitrogen and oxygen atoms in total. The van der Waals surface area contributed by atoms with E-state index in [2.05, 4.69) is 35.9 Å². The van der Waals surface area contributed by atoms with Crippen LogP contribution in [0, 0.1) is 0 Å². The largest absolute Gasteiger partial charge is 0.332 e. The van der Waals surface area contributed by atoms with E-state index in [4.69, 9.17) is 0 Å². The number of aromatic amines is 2. The lowest BCUT2D eigenvalue weighted by molar-refractivity contribution is 0.0728. The van der Waals surface area contributed by atoms with Crippen LogP contribution in [-0.2, 0) is 13.0 Å². The van der Waals surface area contributed by atoms with E-state index < -0.39 is 0 Å². The highest BCUT2D eigenvalue weighted by Gasteiger charge is 2.27. The normalized spacial score (nSPS) is 13.6. The van der Waals surface area contributed by atoms with E-state index in [1.807, 2.05) is 30.3 Å². The predicted octanol–water partition coefficient (Wildman–Crippen LogP) is 0.974. The second kappa shape index (κ2) is 6.16. The molecule has 1 aliphatic heterocycles. The van der Waals surface area contributed by atoms with E-state index in [0.29, 0.717) is 24.6 Å². The van der Waals surface area contributed by atoms with Gasteiger partial charge in [0.1, 0.15) is 12.0 Å². The van der Waals surface area contributed by atoms with Crippen molar-refractivity contribution in [3.8, 4) is 17.1 Å². The molecule has 0 saturated carbocycles. The Morgan fingerprint density at radius 3 is 2.81 bits per heavy atom. The van der Waals surface area contributed by atoms with Gasteiger partial charge in [-0.1, -0.05) is 30.3 Å². The fraction of sp³-hybridized carbons (Fsp3) is 0.176. The summed E-state index contributed by atoms with van der Waals surface area (Å²) in [5, 5.41) is 25.4. The SMILES string of the molecule is O=C(c1cc(-n2cnnn2)n[nH]1)N1CCc2[nH]nc(-c3ccccc3)c2C1. The quantitative estimate of drug-likeness (QED) is 0.561. The van der Waals surface area contributed by atoms with Gasteiger partial charge in [-0.25, -0.2) is 0 Å². The third-order valence-electron chi connectivity index (χ3n) is 4.65. The molecule has 0 unspecified atom stereocenters. The van der Waals surface area contributed by atoms with Crippen molar-refractivity contribution in [2.75, 3.05) is 6.54 Å². The molecule has 0 saturated heterocycles. The highest BCUT2D eigenvalue weighted by Crippen LogP contribution is 2.28. The molecular formula is C17H15N9O. The number of hydrogen-bond donors (Lipinski definition) is 2. The summed E-state index contributed by atoms with van der Waals surface area (Å²) >= 11 is 0. The van der Waals surface area contributed by atoms with Crippen LogP contribution in [0.2, 0.25) is 0 Å². The molecule has 4 heterocycles. The van der Waals surface area contributed by atoms with Gasteiger partial charge in [0.05, 0.1) is 12.2 Å². The monoisotopic (exact) mass is 361 g/mol. The van der Waals surface area contributed by atoms with Gasteiger partial charge in [0.15, 0.2) is 5.82 Å². The number of H-pyrrole nitrogens is 2. The zero-order valence-corrected chi connectivity index (χ0v) is 14.2. The minimum absolute atomic E-state index is 0.118. The van der Waals surface area contributed by atoms with Crippen molar-refractivity contribution in [3.63, 3.8) is 0 Å². The van der Waals surface area contributed by atoms with Crippen molar-refractivity contribution in [1.82, 2.24) is 45.5 Å². The standard InChI is InChI=1S/C17H15N9O/c27-17(14-8-15(21-20-14)26-10-18-23-24-26)25-7-6-13-12(9-25)16(22-19-13)11-4-2-1-3-5-11/h1-5,8,10H,6-7,9H2,(H,19,22)(H,20,21). The van der Waals surface area contributed by atoms with Crippen LogP contribution in [0.15, 0.2) is 42.7 Å². The molecule has 0 fully saturated rings. The zero-order valence-electron chi connectivity index (χ0n) is 14.2. The number of hydrogen-bond acceptors (Lipinski definition) is 6. The lowest BCUT2D eigenvalue weighted by Crippen LogP contribution is -2.36. The number of carbonyl (C=O) groups excluding carboxylic acids is 1. The number of benzene rings is 1. The number of fused-ring (bicyclic) bond motifs is 1. The van der Waals surface area contributed by atoms with Crippen LogP contribution in [0.25, 0.3) is 17.1 Å². The molecule has 27 heavy (non-hydrogen) atoms. The molecule has 4 aromatic rings. The Morgan fingerprint density at radius 1 is 1.11 bits per heavy atom. The van der Waals surface area contributed by atoms with Crippen LogP contribution in [0.1, 0.15) is 21.7 Å². The molecule has 0 spiro atoms. The smallest absolute Gasteiger partial charge is 0.272 e. The van der Waals surface area contributed by atoms with E-state index in [9.17, 15) is 4.79 Å². The summed E-state index contributed by atoms with van der Waals surface area (Å²) in [6.07, 6.45) is 2.16. The highest BCUT2D eigenvalue weighted by molar-refractivity contribution is 5.93. The molecule has 2 N–H and O–H groups in total. The summed E-state index contributed by atoms with van der Waals surface area (Å²) in [5.41, 5.74) is 4.46. The van der Waals surface area contributed by atoms with Crippen LogP contribution >= 0.6 is 0 Å². The van der Waals surface area contributed by atoms with E-state index >= 15 is 0 Å². The summed E-state index contributed by atoms with van der Waals surface area (Å²) < 4.78 is 1.39. The van der Waals surface area contributed by atoms with Crippen LogP contribution in [0.3, 0.4) is 0 Å². The first-order valence-electron chi connectivity index (χ1n) is 8.49. The van der Waals surface area contributed by atoms with Gasteiger partial charge in [-0.2, -0.15) is 14.9 Å². The summed E-state index contributed by atoms with van der Waals surface area (Å²) in [5.74, 6) is 0.349. The predicted molar refractivity (Wildman–Crippen MR) is 93.8 cm³/mol. The van der Waals surface area contributed by atoms with E-state index in [1.165, 1.54) is 11.0 Å². The summed E-state index contributed by atoms with van der Waals surface area (Å²) in [4.78, 5) is 14.7. The Labute approximate surface area is 153 Å². The molecule has 0 aliphatic carbocycles. The lowest BCUT2D eigenvalue weighted by Gasteiger charge is -2.26. The van der Waals surface area contributed by atoms with Crippen molar-refractivity contribution >= 4 is 5.91 Å². The first kappa shape index (κ1) is 15.4. The Hall–Kier alpha value is -3.82. The topological polar surface area (TPSA) is 121 Å². The molecule has 1 amide bonds. The van der Waals surface area contributed by atoms with E-state index in [0.717, 1.165) is 28.9 Å². The van der Waals surface area contributed by atoms with E-state index in [-0.39, 0.29) is 5.91 Å². The molecule has 10 heteroatoms. The van der Waals surface area contributed by atoms with Crippen molar-refractivity contribution < 1.29 is 4.79 Å². The molecular weight excluding hydrogens is 346 g/mol. The average molecular weight is 361 g/mol. The minimum atomic E-state index is -0.118. The molecule has 1 aromatic carbocycles. The molecule has 5 rings (SSSR count). The highest BCUT2D eigenvalue weighted by atomic mass is 16.2. The van der Waals surface area contributed by atoms with Crippen molar-refractivity contribution in [2.45, 2.75) is 13.0 Å². The second-order valence-corrected chi connectivity index (χ2v) is 6.27. The van der Waals surface area contributed by atoms with Crippen LogP contribution in [0.5, 0.6) is 0 Å². The van der Waals surface area contributed by atoms with Crippen LogP contribution in [-0.4, -0.2) is 58.0 Å². The van der Waals surface area contributed by atoms with Crippen LogP contribution < -0.4 is 0 Å². The number of aromatic nitrogens is 8. The summed E-state index contributed by atoms with van der Waals surface area (Å²) in [6.45, 7) is 1.11.